The van der Waals surface area contributed by atoms with Crippen molar-refractivity contribution in [2.45, 2.75) is 19.3 Å². The van der Waals surface area contributed by atoms with Gasteiger partial charge >= 0.3 is 0 Å². The predicted molar refractivity (Wildman–Crippen MR) is 105 cm³/mol. The highest BCUT2D eigenvalue weighted by atomic mass is 32.1. The molecule has 0 fully saturated rings. The Morgan fingerprint density at radius 1 is 1.04 bits per heavy atom. The Morgan fingerprint density at radius 2 is 1.92 bits per heavy atom. The SMILES string of the molecule is O=c1[nH]c(/C=C/c2cccc3ccccc23)nc2sc3c(c12)CCC3. The van der Waals surface area contributed by atoms with Crippen LogP contribution in [0, 0.1) is 0 Å². The number of H-pyrrole nitrogens is 1. The highest BCUT2D eigenvalue weighted by Crippen LogP contribution is 2.34. The molecule has 1 N–H and O–H groups in total. The van der Waals surface area contributed by atoms with Crippen molar-refractivity contribution in [3.8, 4) is 0 Å². The number of hydrogen-bond donors (Lipinski definition) is 1. The van der Waals surface area contributed by atoms with E-state index in [1.807, 2.05) is 30.4 Å². The van der Waals surface area contributed by atoms with E-state index in [1.54, 1.807) is 11.3 Å². The minimum Gasteiger partial charge on any atom is -0.306 e. The van der Waals surface area contributed by atoms with Crippen LogP contribution in [0.1, 0.15) is 28.2 Å². The highest BCUT2D eigenvalue weighted by Gasteiger charge is 2.20. The van der Waals surface area contributed by atoms with E-state index in [4.69, 9.17) is 0 Å². The summed E-state index contributed by atoms with van der Waals surface area (Å²) in [6.45, 7) is 0. The molecule has 0 atom stereocenters. The maximum Gasteiger partial charge on any atom is 0.260 e. The summed E-state index contributed by atoms with van der Waals surface area (Å²) in [6, 6.07) is 14.5. The average Bonchev–Trinajstić information content (AvgIpc) is 3.20. The second-order valence-corrected chi connectivity index (χ2v) is 7.47. The van der Waals surface area contributed by atoms with Gasteiger partial charge in [-0.2, -0.15) is 0 Å². The lowest BCUT2D eigenvalue weighted by Gasteiger charge is -2.01. The fourth-order valence-corrected chi connectivity index (χ4v) is 4.93. The van der Waals surface area contributed by atoms with Crippen LogP contribution in [0.4, 0.5) is 0 Å². The van der Waals surface area contributed by atoms with Gasteiger partial charge in [0.15, 0.2) is 0 Å². The first-order chi connectivity index (χ1) is 12.3. The topological polar surface area (TPSA) is 45.8 Å². The zero-order valence-corrected chi connectivity index (χ0v) is 14.4. The average molecular weight is 344 g/mol. The van der Waals surface area contributed by atoms with E-state index in [0.29, 0.717) is 5.82 Å². The van der Waals surface area contributed by atoms with Crippen LogP contribution in [0.15, 0.2) is 47.3 Å². The van der Waals surface area contributed by atoms with E-state index in [2.05, 4.69) is 34.2 Å². The Labute approximate surface area is 148 Å². The minimum atomic E-state index is -0.0121. The van der Waals surface area contributed by atoms with Gasteiger partial charge in [-0.15, -0.1) is 11.3 Å². The van der Waals surface area contributed by atoms with Crippen LogP contribution in [0.25, 0.3) is 33.1 Å². The highest BCUT2D eigenvalue weighted by molar-refractivity contribution is 7.18. The number of fused-ring (bicyclic) bond motifs is 4. The summed E-state index contributed by atoms with van der Waals surface area (Å²) in [6.07, 6.45) is 7.16. The van der Waals surface area contributed by atoms with Crippen molar-refractivity contribution in [2.24, 2.45) is 0 Å². The van der Waals surface area contributed by atoms with Gasteiger partial charge < -0.3 is 4.98 Å². The van der Waals surface area contributed by atoms with Crippen LogP contribution in [0.2, 0.25) is 0 Å². The summed E-state index contributed by atoms with van der Waals surface area (Å²) in [5.74, 6) is 0.616. The second-order valence-electron chi connectivity index (χ2n) is 6.39. The van der Waals surface area contributed by atoms with Crippen molar-refractivity contribution in [3.63, 3.8) is 0 Å². The molecule has 0 radical (unpaired) electrons. The molecule has 3 nitrogen and oxygen atoms in total. The third kappa shape index (κ3) is 2.41. The molecule has 4 aromatic rings. The fourth-order valence-electron chi connectivity index (χ4n) is 3.66. The molecule has 2 heterocycles. The quantitative estimate of drug-likeness (QED) is 0.568. The van der Waals surface area contributed by atoms with Crippen molar-refractivity contribution in [2.75, 3.05) is 0 Å². The number of hydrogen-bond acceptors (Lipinski definition) is 3. The zero-order chi connectivity index (χ0) is 16.8. The molecule has 5 rings (SSSR count). The summed E-state index contributed by atoms with van der Waals surface area (Å²) in [5.41, 5.74) is 2.33. The Balaban J connectivity index is 1.60. The smallest absolute Gasteiger partial charge is 0.260 e. The third-order valence-electron chi connectivity index (χ3n) is 4.84. The maximum absolute atomic E-state index is 12.5. The number of aromatic nitrogens is 2. The van der Waals surface area contributed by atoms with Gasteiger partial charge in [-0.1, -0.05) is 48.5 Å². The van der Waals surface area contributed by atoms with Gasteiger partial charge in [0, 0.05) is 4.88 Å². The summed E-state index contributed by atoms with van der Waals surface area (Å²) >= 11 is 1.67. The summed E-state index contributed by atoms with van der Waals surface area (Å²) in [4.78, 5) is 22.3. The molecular weight excluding hydrogens is 328 g/mol. The lowest BCUT2D eigenvalue weighted by molar-refractivity contribution is 0.916. The molecule has 4 heteroatoms. The van der Waals surface area contributed by atoms with E-state index < -0.39 is 0 Å². The zero-order valence-electron chi connectivity index (χ0n) is 13.6. The number of aromatic amines is 1. The molecule has 25 heavy (non-hydrogen) atoms. The Hall–Kier alpha value is -2.72. The number of benzene rings is 2. The molecule has 1 aliphatic carbocycles. The van der Waals surface area contributed by atoms with Crippen LogP contribution in [0.3, 0.4) is 0 Å². The van der Waals surface area contributed by atoms with E-state index in [9.17, 15) is 4.79 Å². The van der Waals surface area contributed by atoms with Crippen LogP contribution >= 0.6 is 11.3 Å². The van der Waals surface area contributed by atoms with E-state index in [0.717, 1.165) is 35.0 Å². The standard InChI is InChI=1S/C21H16N2OS/c24-20-19-16-9-4-10-17(16)25-21(19)23-18(22-20)12-11-14-7-3-6-13-5-1-2-8-15(13)14/h1-3,5-8,11-12H,4,9-10H2,(H,22,23,24)/b12-11+. The lowest BCUT2D eigenvalue weighted by Crippen LogP contribution is -2.09. The molecular formula is C21H16N2OS. The lowest BCUT2D eigenvalue weighted by atomic mass is 10.0. The number of aryl methyl sites for hydroxylation is 2. The Kier molecular flexibility index (Phi) is 3.31. The number of rotatable bonds is 2. The minimum absolute atomic E-state index is 0.0121. The van der Waals surface area contributed by atoms with Crippen LogP contribution < -0.4 is 5.56 Å². The molecule has 122 valence electrons. The molecule has 0 amide bonds. The molecule has 0 spiro atoms. The maximum atomic E-state index is 12.5. The van der Waals surface area contributed by atoms with Crippen LogP contribution in [-0.4, -0.2) is 9.97 Å². The summed E-state index contributed by atoms with van der Waals surface area (Å²) in [7, 11) is 0. The molecule has 2 aromatic heterocycles. The molecule has 0 bridgehead atoms. The molecule has 1 aliphatic rings. The van der Waals surface area contributed by atoms with Gasteiger partial charge in [0.25, 0.3) is 5.56 Å². The third-order valence-corrected chi connectivity index (χ3v) is 6.02. The van der Waals surface area contributed by atoms with Gasteiger partial charge in [0.1, 0.15) is 10.7 Å². The molecule has 0 aliphatic heterocycles. The number of thiophene rings is 1. The first-order valence-electron chi connectivity index (χ1n) is 8.50. The Bertz CT molecular complexity index is 1190. The van der Waals surface area contributed by atoms with Crippen molar-refractivity contribution in [1.82, 2.24) is 9.97 Å². The van der Waals surface area contributed by atoms with Crippen molar-refractivity contribution in [3.05, 3.63) is 74.6 Å². The van der Waals surface area contributed by atoms with E-state index in [1.165, 1.54) is 21.2 Å². The molecule has 0 unspecified atom stereocenters. The van der Waals surface area contributed by atoms with Gasteiger partial charge in [0.05, 0.1) is 5.39 Å². The van der Waals surface area contributed by atoms with E-state index in [-0.39, 0.29) is 5.56 Å². The largest absolute Gasteiger partial charge is 0.306 e. The van der Waals surface area contributed by atoms with E-state index >= 15 is 0 Å². The Morgan fingerprint density at radius 3 is 2.88 bits per heavy atom. The van der Waals surface area contributed by atoms with Crippen molar-refractivity contribution in [1.29, 1.82) is 0 Å². The van der Waals surface area contributed by atoms with Gasteiger partial charge in [0.2, 0.25) is 0 Å². The fraction of sp³-hybridized carbons (Fsp3) is 0.143. The monoisotopic (exact) mass is 344 g/mol. The van der Waals surface area contributed by atoms with Gasteiger partial charge in [-0.25, -0.2) is 4.98 Å². The van der Waals surface area contributed by atoms with Crippen LogP contribution in [0.5, 0.6) is 0 Å². The number of nitrogens with one attached hydrogen (secondary N) is 1. The van der Waals surface area contributed by atoms with Gasteiger partial charge in [-0.3, -0.25) is 4.79 Å². The summed E-state index contributed by atoms with van der Waals surface area (Å²) < 4.78 is 0. The van der Waals surface area contributed by atoms with Crippen molar-refractivity contribution >= 4 is 44.5 Å². The first-order valence-corrected chi connectivity index (χ1v) is 9.32. The normalized spacial score (nSPS) is 13.9. The summed E-state index contributed by atoms with van der Waals surface area (Å²) in [5, 5.41) is 3.20. The molecule has 2 aromatic carbocycles. The molecule has 0 saturated heterocycles. The second kappa shape index (κ2) is 5.67. The van der Waals surface area contributed by atoms with Crippen molar-refractivity contribution < 1.29 is 0 Å². The molecule has 0 saturated carbocycles. The first kappa shape index (κ1) is 14.6. The number of nitrogens with zero attached hydrogens (tertiary/aromatic N) is 1. The van der Waals surface area contributed by atoms with Gasteiger partial charge in [-0.05, 0) is 47.2 Å². The van der Waals surface area contributed by atoms with Crippen LogP contribution in [-0.2, 0) is 12.8 Å². The predicted octanol–water partition coefficient (Wildman–Crippen LogP) is 4.80.